The van der Waals surface area contributed by atoms with Crippen LogP contribution in [0.15, 0.2) is 5.38 Å². The van der Waals surface area contributed by atoms with Crippen LogP contribution in [0.25, 0.3) is 0 Å². The van der Waals surface area contributed by atoms with Crippen molar-refractivity contribution in [2.24, 2.45) is 11.8 Å². The quantitative estimate of drug-likeness (QED) is 0.869. The van der Waals surface area contributed by atoms with Crippen molar-refractivity contribution in [2.45, 2.75) is 65.1 Å². The molecule has 118 valence electrons. The third-order valence-corrected chi connectivity index (χ3v) is 5.81. The third-order valence-electron chi connectivity index (χ3n) is 4.91. The summed E-state index contributed by atoms with van der Waals surface area (Å²) in [6, 6.07) is 0.774. The Balaban J connectivity index is 1.46. The molecule has 2 aliphatic rings. The summed E-state index contributed by atoms with van der Waals surface area (Å²) < 4.78 is 0. The normalized spacial score (nSPS) is 24.4. The van der Waals surface area contributed by atoms with Gasteiger partial charge in [-0.15, -0.1) is 11.3 Å². The monoisotopic (exact) mass is 307 g/mol. The van der Waals surface area contributed by atoms with Crippen molar-refractivity contribution in [3.8, 4) is 0 Å². The van der Waals surface area contributed by atoms with E-state index in [0.29, 0.717) is 0 Å². The summed E-state index contributed by atoms with van der Waals surface area (Å²) in [4.78, 5) is 7.41. The predicted molar refractivity (Wildman–Crippen MR) is 89.4 cm³/mol. The minimum Gasteiger partial charge on any atom is -0.308 e. The topological polar surface area (TPSA) is 28.2 Å². The molecule has 4 heteroatoms. The Kier molecular flexibility index (Phi) is 5.30. The Bertz CT molecular complexity index is 439. The van der Waals surface area contributed by atoms with Crippen LogP contribution in [0.3, 0.4) is 0 Å². The molecule has 1 aromatic rings. The molecule has 0 amide bonds. The van der Waals surface area contributed by atoms with Gasteiger partial charge in [-0.2, -0.15) is 0 Å². The number of hydrogen-bond donors (Lipinski definition) is 1. The molecule has 1 unspecified atom stereocenters. The largest absolute Gasteiger partial charge is 0.308 e. The molecule has 3 nitrogen and oxygen atoms in total. The first kappa shape index (κ1) is 15.4. The zero-order valence-electron chi connectivity index (χ0n) is 13.5. The Labute approximate surface area is 133 Å². The van der Waals surface area contributed by atoms with Gasteiger partial charge >= 0.3 is 0 Å². The Morgan fingerprint density at radius 1 is 1.29 bits per heavy atom. The van der Waals surface area contributed by atoms with Gasteiger partial charge in [0, 0.05) is 24.5 Å². The summed E-state index contributed by atoms with van der Waals surface area (Å²) in [5.41, 5.74) is 1.27. The van der Waals surface area contributed by atoms with E-state index in [9.17, 15) is 0 Å². The molecule has 1 saturated heterocycles. The Hall–Kier alpha value is -0.450. The highest BCUT2D eigenvalue weighted by atomic mass is 32.1. The van der Waals surface area contributed by atoms with E-state index < -0.39 is 0 Å². The highest BCUT2D eigenvalue weighted by Crippen LogP contribution is 2.25. The third kappa shape index (κ3) is 4.76. The van der Waals surface area contributed by atoms with E-state index in [1.807, 2.05) is 11.3 Å². The molecule has 0 spiro atoms. The fourth-order valence-electron chi connectivity index (χ4n) is 3.26. The highest BCUT2D eigenvalue weighted by Gasteiger charge is 2.21. The first-order chi connectivity index (χ1) is 10.2. The lowest BCUT2D eigenvalue weighted by molar-refractivity contribution is 0.262. The van der Waals surface area contributed by atoms with Gasteiger partial charge in [0.25, 0.3) is 0 Å². The van der Waals surface area contributed by atoms with E-state index in [4.69, 9.17) is 4.98 Å². The maximum atomic E-state index is 4.80. The summed E-state index contributed by atoms with van der Waals surface area (Å²) in [6.45, 7) is 9.25. The number of rotatable bonds is 6. The second-order valence-corrected chi connectivity index (χ2v) is 8.04. The van der Waals surface area contributed by atoms with Crippen molar-refractivity contribution in [3.63, 3.8) is 0 Å². The van der Waals surface area contributed by atoms with Gasteiger partial charge in [0.05, 0.1) is 5.69 Å². The molecular weight excluding hydrogens is 278 g/mol. The smallest absolute Gasteiger partial charge is 0.107 e. The number of likely N-dealkylation sites (tertiary alicyclic amines) is 1. The molecule has 2 heterocycles. The maximum absolute atomic E-state index is 4.80. The van der Waals surface area contributed by atoms with Crippen LogP contribution in [-0.4, -0.2) is 29.0 Å². The molecule has 21 heavy (non-hydrogen) atoms. The number of thiazole rings is 1. The number of nitrogens with one attached hydrogen (secondary N) is 1. The fourth-order valence-corrected chi connectivity index (χ4v) is 3.99. The van der Waals surface area contributed by atoms with E-state index in [2.05, 4.69) is 29.4 Å². The zero-order chi connectivity index (χ0) is 14.7. The molecule has 0 aromatic carbocycles. The van der Waals surface area contributed by atoms with Gasteiger partial charge in [-0.1, -0.05) is 13.8 Å². The lowest BCUT2D eigenvalue weighted by Crippen LogP contribution is -2.25. The van der Waals surface area contributed by atoms with Gasteiger partial charge in [0.1, 0.15) is 5.01 Å². The summed E-state index contributed by atoms with van der Waals surface area (Å²) in [6.07, 6.45) is 6.81. The van der Waals surface area contributed by atoms with Crippen molar-refractivity contribution in [1.29, 1.82) is 0 Å². The molecule has 1 atom stereocenters. The number of hydrogen-bond acceptors (Lipinski definition) is 4. The summed E-state index contributed by atoms with van der Waals surface area (Å²) >= 11 is 1.82. The number of nitrogens with zero attached hydrogens (tertiary/aromatic N) is 2. The van der Waals surface area contributed by atoms with E-state index >= 15 is 0 Å². The van der Waals surface area contributed by atoms with Gasteiger partial charge in [-0.3, -0.25) is 4.90 Å². The van der Waals surface area contributed by atoms with Crippen molar-refractivity contribution >= 4 is 11.3 Å². The maximum Gasteiger partial charge on any atom is 0.107 e. The first-order valence-corrected chi connectivity index (χ1v) is 9.47. The van der Waals surface area contributed by atoms with Crippen LogP contribution in [0.1, 0.15) is 56.7 Å². The van der Waals surface area contributed by atoms with Crippen LogP contribution in [0.5, 0.6) is 0 Å². The SMILES string of the molecule is CC(C)C1CCCN(Cc2csc(CNC3CC3)n2)CC1. The summed E-state index contributed by atoms with van der Waals surface area (Å²) in [7, 11) is 0. The second kappa shape index (κ2) is 7.21. The van der Waals surface area contributed by atoms with E-state index in [-0.39, 0.29) is 0 Å². The van der Waals surface area contributed by atoms with Crippen LogP contribution in [-0.2, 0) is 13.1 Å². The van der Waals surface area contributed by atoms with Gasteiger partial charge in [-0.05, 0) is 57.0 Å². The molecule has 1 aromatic heterocycles. The van der Waals surface area contributed by atoms with E-state index in [1.165, 1.54) is 55.9 Å². The van der Waals surface area contributed by atoms with Crippen LogP contribution in [0.4, 0.5) is 0 Å². The molecule has 0 bridgehead atoms. The molecule has 1 N–H and O–H groups in total. The molecular formula is C17H29N3S. The van der Waals surface area contributed by atoms with Crippen LogP contribution in [0.2, 0.25) is 0 Å². The minimum atomic E-state index is 0.774. The average Bonchev–Trinajstić information content (AvgIpc) is 3.22. The van der Waals surface area contributed by atoms with E-state index in [1.54, 1.807) is 0 Å². The average molecular weight is 308 g/mol. The molecule has 0 radical (unpaired) electrons. The van der Waals surface area contributed by atoms with Gasteiger partial charge < -0.3 is 5.32 Å². The molecule has 1 saturated carbocycles. The van der Waals surface area contributed by atoms with Gasteiger partial charge in [-0.25, -0.2) is 4.98 Å². The second-order valence-electron chi connectivity index (χ2n) is 7.10. The zero-order valence-corrected chi connectivity index (χ0v) is 14.3. The van der Waals surface area contributed by atoms with Gasteiger partial charge in [0.2, 0.25) is 0 Å². The Morgan fingerprint density at radius 2 is 2.14 bits per heavy atom. The molecule has 3 rings (SSSR count). The summed E-state index contributed by atoms with van der Waals surface area (Å²) in [5.74, 6) is 1.76. The highest BCUT2D eigenvalue weighted by molar-refractivity contribution is 7.09. The van der Waals surface area contributed by atoms with Crippen molar-refractivity contribution < 1.29 is 0 Å². The standard InChI is InChI=1S/C17H29N3S/c1-13(2)14-4-3-8-20(9-7-14)11-16-12-21-17(19-16)10-18-15-5-6-15/h12-15,18H,3-11H2,1-2H3. The molecule has 1 aliphatic heterocycles. The van der Waals surface area contributed by atoms with Crippen LogP contribution < -0.4 is 5.32 Å². The Morgan fingerprint density at radius 3 is 2.90 bits per heavy atom. The number of aromatic nitrogens is 1. The minimum absolute atomic E-state index is 0.774. The van der Waals surface area contributed by atoms with E-state index in [0.717, 1.165) is 31.0 Å². The van der Waals surface area contributed by atoms with Crippen molar-refractivity contribution in [1.82, 2.24) is 15.2 Å². The van der Waals surface area contributed by atoms with Crippen molar-refractivity contribution in [2.75, 3.05) is 13.1 Å². The van der Waals surface area contributed by atoms with Gasteiger partial charge in [0.15, 0.2) is 0 Å². The predicted octanol–water partition coefficient (Wildman–Crippen LogP) is 3.65. The first-order valence-electron chi connectivity index (χ1n) is 8.59. The van der Waals surface area contributed by atoms with Crippen molar-refractivity contribution in [3.05, 3.63) is 16.1 Å². The fraction of sp³-hybridized carbons (Fsp3) is 0.824. The lowest BCUT2D eigenvalue weighted by Gasteiger charge is -2.20. The summed E-state index contributed by atoms with van der Waals surface area (Å²) in [5, 5.41) is 7.07. The molecule has 2 fully saturated rings. The lowest BCUT2D eigenvalue weighted by atomic mass is 9.89. The molecule has 1 aliphatic carbocycles. The van der Waals surface area contributed by atoms with Crippen LogP contribution >= 0.6 is 11.3 Å². The van der Waals surface area contributed by atoms with Crippen LogP contribution in [0, 0.1) is 11.8 Å².